The Hall–Kier alpha value is -1.32. The van der Waals surface area contributed by atoms with E-state index in [0.717, 1.165) is 6.92 Å². The predicted molar refractivity (Wildman–Crippen MR) is 99.1 cm³/mol. The maximum absolute atomic E-state index is 12.6. The highest BCUT2D eigenvalue weighted by atomic mass is 17.1. The Morgan fingerprint density at radius 2 is 1.89 bits per heavy atom. The van der Waals surface area contributed by atoms with Crippen molar-refractivity contribution in [3.63, 3.8) is 0 Å². The second kappa shape index (κ2) is 7.18. The van der Waals surface area contributed by atoms with Crippen LogP contribution in [0.25, 0.3) is 0 Å². The zero-order valence-electron chi connectivity index (χ0n) is 17.4. The molecule has 8 heteroatoms. The first kappa shape index (κ1) is 23.0. The fourth-order valence-corrected chi connectivity index (χ4v) is 4.29. The maximum atomic E-state index is 12.6. The molecule has 28 heavy (non-hydrogen) atoms. The van der Waals surface area contributed by atoms with Crippen molar-refractivity contribution in [1.82, 2.24) is 0 Å². The molecule has 0 radical (unpaired) electrons. The van der Waals surface area contributed by atoms with Crippen LogP contribution in [0, 0.1) is 11.3 Å². The molecule has 0 unspecified atom stereocenters. The van der Waals surface area contributed by atoms with E-state index in [2.05, 4.69) is 4.89 Å². The summed E-state index contributed by atoms with van der Waals surface area (Å²) >= 11 is 0. The Balaban J connectivity index is 2.39. The maximum Gasteiger partial charge on any atom is 0.340 e. The first-order chi connectivity index (χ1) is 12.6. The molecule has 2 aliphatic carbocycles. The highest BCUT2D eigenvalue weighted by Gasteiger charge is 2.58. The molecule has 0 amide bonds. The van der Waals surface area contributed by atoms with Crippen LogP contribution in [-0.2, 0) is 19.2 Å². The first-order valence-corrected chi connectivity index (χ1v) is 9.51. The van der Waals surface area contributed by atoms with Crippen LogP contribution in [0.1, 0.15) is 60.8 Å². The van der Waals surface area contributed by atoms with Crippen LogP contribution in [0.3, 0.4) is 0 Å². The van der Waals surface area contributed by atoms with Crippen LogP contribution in [0.4, 0.5) is 0 Å². The molecule has 4 N–H and O–H groups in total. The van der Waals surface area contributed by atoms with Crippen LogP contribution in [-0.4, -0.2) is 61.3 Å². The molecule has 6 atom stereocenters. The fraction of sp³-hybridized carbons (Fsp3) is 0.800. The molecule has 0 aromatic heterocycles. The van der Waals surface area contributed by atoms with E-state index in [1.165, 1.54) is 13.8 Å². The lowest BCUT2D eigenvalue weighted by atomic mass is 9.54. The number of fused-ring (bicyclic) bond motifs is 1. The number of esters is 1. The molecule has 0 bridgehead atoms. The van der Waals surface area contributed by atoms with Gasteiger partial charge in [-0.05, 0) is 52.9 Å². The summed E-state index contributed by atoms with van der Waals surface area (Å²) < 4.78 is 5.41. The lowest BCUT2D eigenvalue weighted by molar-refractivity contribution is -0.300. The molecule has 2 rings (SSSR count). The molecule has 2 aliphatic rings. The van der Waals surface area contributed by atoms with Crippen molar-refractivity contribution in [3.05, 3.63) is 11.6 Å². The van der Waals surface area contributed by atoms with E-state index in [1.54, 1.807) is 19.9 Å². The summed E-state index contributed by atoms with van der Waals surface area (Å²) in [5, 5.41) is 40.3. The Bertz CT molecular complexity index is 676. The quantitative estimate of drug-likeness (QED) is 0.309. The number of carbonyl (C=O) groups is 2. The second-order valence-corrected chi connectivity index (χ2v) is 9.40. The monoisotopic (exact) mass is 400 g/mol. The molecule has 1 saturated carbocycles. The molecular formula is C20H32O8. The van der Waals surface area contributed by atoms with Crippen LogP contribution in [0.5, 0.6) is 0 Å². The van der Waals surface area contributed by atoms with E-state index < -0.39 is 46.3 Å². The van der Waals surface area contributed by atoms with Crippen LogP contribution in [0.15, 0.2) is 11.6 Å². The van der Waals surface area contributed by atoms with Gasteiger partial charge in [0.25, 0.3) is 0 Å². The summed E-state index contributed by atoms with van der Waals surface area (Å²) in [5.74, 6) is -1.74. The van der Waals surface area contributed by atoms with Crippen molar-refractivity contribution < 1.29 is 39.8 Å². The summed E-state index contributed by atoms with van der Waals surface area (Å²) in [6.07, 6.45) is 0.302. The van der Waals surface area contributed by atoms with E-state index >= 15 is 0 Å². The number of hydrogen-bond donors (Lipinski definition) is 4. The number of aliphatic hydroxyl groups excluding tert-OH is 1. The summed E-state index contributed by atoms with van der Waals surface area (Å²) in [6.45, 7) is 8.95. The molecule has 0 aromatic rings. The minimum atomic E-state index is -2.10. The van der Waals surface area contributed by atoms with E-state index in [0.29, 0.717) is 12.8 Å². The zero-order valence-corrected chi connectivity index (χ0v) is 17.4. The Morgan fingerprint density at radius 1 is 1.32 bits per heavy atom. The smallest absolute Gasteiger partial charge is 0.340 e. The largest absolute Gasteiger partial charge is 0.457 e. The van der Waals surface area contributed by atoms with Crippen LogP contribution in [0.2, 0.25) is 0 Å². The third-order valence-corrected chi connectivity index (χ3v) is 6.56. The average molecular weight is 400 g/mol. The van der Waals surface area contributed by atoms with E-state index in [4.69, 9.17) is 4.74 Å². The Kier molecular flexibility index (Phi) is 5.89. The van der Waals surface area contributed by atoms with Gasteiger partial charge in [-0.2, -0.15) is 0 Å². The lowest BCUT2D eigenvalue weighted by Crippen LogP contribution is -2.60. The average Bonchev–Trinajstić information content (AvgIpc) is 2.56. The van der Waals surface area contributed by atoms with Crippen molar-refractivity contribution in [3.8, 4) is 0 Å². The van der Waals surface area contributed by atoms with E-state index in [9.17, 15) is 30.2 Å². The molecule has 8 nitrogen and oxygen atoms in total. The van der Waals surface area contributed by atoms with Gasteiger partial charge in [-0.1, -0.05) is 13.0 Å². The lowest BCUT2D eigenvalue weighted by Gasteiger charge is -2.54. The molecule has 0 aliphatic heterocycles. The summed E-state index contributed by atoms with van der Waals surface area (Å²) in [5.41, 5.74) is -5.18. The van der Waals surface area contributed by atoms with E-state index in [-0.39, 0.29) is 17.8 Å². The number of ketones is 1. The number of rotatable bonds is 5. The predicted octanol–water partition coefficient (Wildman–Crippen LogP) is 1.36. The first-order valence-electron chi connectivity index (χ1n) is 9.51. The van der Waals surface area contributed by atoms with Gasteiger partial charge in [0.05, 0.1) is 6.10 Å². The molecule has 0 spiro atoms. The van der Waals surface area contributed by atoms with Crippen LogP contribution >= 0.6 is 0 Å². The van der Waals surface area contributed by atoms with Gasteiger partial charge < -0.3 is 20.1 Å². The molecule has 0 heterocycles. The van der Waals surface area contributed by atoms with Gasteiger partial charge in [0.15, 0.2) is 11.4 Å². The number of ether oxygens (including phenoxy) is 1. The molecule has 0 saturated heterocycles. The Labute approximate surface area is 165 Å². The van der Waals surface area contributed by atoms with Crippen molar-refractivity contribution >= 4 is 11.8 Å². The molecule has 160 valence electrons. The number of hydrogen-bond acceptors (Lipinski definition) is 8. The SMILES string of the molecule is C[C@H](O)[C@](C)(O)C(=O)O[C@H]1CC[C@]2(C)CC(=O)C(C(C)(C)OO)=C[C@@H]2[C@]1(C)O. The topological polar surface area (TPSA) is 134 Å². The molecule has 0 aromatic carbocycles. The third-order valence-electron chi connectivity index (χ3n) is 6.56. The number of aliphatic hydroxyl groups is 3. The summed E-state index contributed by atoms with van der Waals surface area (Å²) in [6, 6.07) is 0. The number of carbonyl (C=O) groups excluding carboxylic acids is 2. The summed E-state index contributed by atoms with van der Waals surface area (Å²) in [4.78, 5) is 29.5. The van der Waals surface area contributed by atoms with E-state index in [1.807, 2.05) is 6.92 Å². The van der Waals surface area contributed by atoms with Gasteiger partial charge >= 0.3 is 5.97 Å². The molecule has 1 fully saturated rings. The van der Waals surface area contributed by atoms with Gasteiger partial charge in [0, 0.05) is 17.9 Å². The van der Waals surface area contributed by atoms with Crippen molar-refractivity contribution in [2.45, 2.75) is 89.8 Å². The minimum absolute atomic E-state index is 0.165. The Morgan fingerprint density at radius 3 is 2.39 bits per heavy atom. The van der Waals surface area contributed by atoms with Gasteiger partial charge in [-0.25, -0.2) is 9.68 Å². The third kappa shape index (κ3) is 3.76. The number of Topliss-reactive ketones (excluding diaryl/α,β-unsaturated/α-hetero) is 1. The van der Waals surface area contributed by atoms with Crippen LogP contribution < -0.4 is 0 Å². The standard InChI is InChI=1S/C20H32O8/c1-11(21)19(5,24)16(23)27-15-7-8-18(4)10-13(22)12(17(2,3)28-26)9-14(18)20(15,6)25/h9,11,14-15,21,24-26H,7-8,10H2,1-6H3/t11-,14-,15-,18+,19-,20-/m0/s1. The fourth-order valence-electron chi connectivity index (χ4n) is 4.29. The van der Waals surface area contributed by atoms with Gasteiger partial charge in [0.2, 0.25) is 0 Å². The van der Waals surface area contributed by atoms with Crippen molar-refractivity contribution in [2.24, 2.45) is 11.3 Å². The normalized spacial score (nSPS) is 36.8. The van der Waals surface area contributed by atoms with Gasteiger partial charge in [0.1, 0.15) is 17.3 Å². The second-order valence-electron chi connectivity index (χ2n) is 9.40. The highest BCUT2D eigenvalue weighted by Crippen LogP contribution is 2.54. The zero-order chi connectivity index (χ0) is 21.7. The van der Waals surface area contributed by atoms with Gasteiger partial charge in [-0.3, -0.25) is 10.1 Å². The minimum Gasteiger partial charge on any atom is -0.457 e. The molecular weight excluding hydrogens is 368 g/mol. The van der Waals surface area contributed by atoms with Gasteiger partial charge in [-0.15, -0.1) is 0 Å². The summed E-state index contributed by atoms with van der Waals surface area (Å²) in [7, 11) is 0. The van der Waals surface area contributed by atoms with Crippen molar-refractivity contribution in [2.75, 3.05) is 0 Å². The highest BCUT2D eigenvalue weighted by molar-refractivity contribution is 5.98. The van der Waals surface area contributed by atoms with Crippen molar-refractivity contribution in [1.29, 1.82) is 0 Å².